The summed E-state index contributed by atoms with van der Waals surface area (Å²) in [5, 5.41) is 15.1. The minimum absolute atomic E-state index is 0.0487. The van der Waals surface area contributed by atoms with Crippen LogP contribution in [0.2, 0.25) is 0 Å². The Morgan fingerprint density at radius 1 is 1.23 bits per heavy atom. The molecule has 0 spiro atoms. The Labute approximate surface area is 155 Å². The van der Waals surface area contributed by atoms with E-state index >= 15 is 0 Å². The van der Waals surface area contributed by atoms with Crippen molar-refractivity contribution < 1.29 is 14.7 Å². The summed E-state index contributed by atoms with van der Waals surface area (Å²) in [5.74, 6) is -0.400. The first kappa shape index (κ1) is 18.7. The number of benzene rings is 1. The van der Waals surface area contributed by atoms with Gasteiger partial charge in [-0.25, -0.2) is 4.79 Å². The average molecular weight is 359 g/mol. The third kappa shape index (κ3) is 5.46. The second-order valence-corrected chi connectivity index (χ2v) is 7.71. The molecule has 1 aliphatic heterocycles. The smallest absolute Gasteiger partial charge is 0.315 e. The van der Waals surface area contributed by atoms with Crippen molar-refractivity contribution in [3.05, 3.63) is 35.9 Å². The maximum atomic E-state index is 12.5. The van der Waals surface area contributed by atoms with Crippen molar-refractivity contribution in [2.75, 3.05) is 13.1 Å². The Balaban J connectivity index is 1.52. The molecule has 1 heterocycles. The zero-order valence-corrected chi connectivity index (χ0v) is 15.4. The molecule has 6 heteroatoms. The molecule has 2 aliphatic rings. The molecule has 3 rings (SSSR count). The Hall–Kier alpha value is -2.08. The standard InChI is InChI=1S/C20H29N3O3/c1-14-12-23(17-8-9-17)13-18(14)22-20(26)21-16(7-10-19(24)25)11-15-5-3-2-4-6-15/h2-6,14,16-18H,7-13H2,1H3,(H,24,25)(H2,21,22,26). The number of carboxylic acid groups (broad SMARTS) is 1. The van der Waals surface area contributed by atoms with Gasteiger partial charge in [-0.2, -0.15) is 0 Å². The van der Waals surface area contributed by atoms with Crippen LogP contribution in [0.5, 0.6) is 0 Å². The van der Waals surface area contributed by atoms with Gasteiger partial charge in [0, 0.05) is 37.6 Å². The van der Waals surface area contributed by atoms with Crippen molar-refractivity contribution in [2.45, 2.75) is 57.2 Å². The molecular formula is C20H29N3O3. The van der Waals surface area contributed by atoms with Crippen LogP contribution in [0, 0.1) is 5.92 Å². The Bertz CT molecular complexity index is 618. The van der Waals surface area contributed by atoms with Crippen LogP contribution < -0.4 is 10.6 Å². The summed E-state index contributed by atoms with van der Waals surface area (Å²) in [6.45, 7) is 4.14. The number of urea groups is 1. The lowest BCUT2D eigenvalue weighted by Gasteiger charge is -2.22. The number of carbonyl (C=O) groups excluding carboxylic acids is 1. The van der Waals surface area contributed by atoms with Gasteiger partial charge in [0.2, 0.25) is 0 Å². The highest BCUT2D eigenvalue weighted by atomic mass is 16.4. The highest BCUT2D eigenvalue weighted by Gasteiger charge is 2.38. The number of carboxylic acids is 1. The SMILES string of the molecule is CC1CN(C2CC2)CC1NC(=O)NC(CCC(=O)O)Cc1ccccc1. The predicted molar refractivity (Wildman–Crippen MR) is 100 cm³/mol. The number of carbonyl (C=O) groups is 2. The molecule has 142 valence electrons. The van der Waals surface area contributed by atoms with Crippen LogP contribution in [0.15, 0.2) is 30.3 Å². The van der Waals surface area contributed by atoms with Crippen molar-refractivity contribution in [1.29, 1.82) is 0 Å². The molecule has 1 aromatic carbocycles. The van der Waals surface area contributed by atoms with E-state index in [-0.39, 0.29) is 24.5 Å². The van der Waals surface area contributed by atoms with E-state index in [1.165, 1.54) is 12.8 Å². The fourth-order valence-electron chi connectivity index (χ4n) is 3.75. The van der Waals surface area contributed by atoms with Crippen LogP contribution >= 0.6 is 0 Å². The van der Waals surface area contributed by atoms with E-state index in [9.17, 15) is 9.59 Å². The summed E-state index contributed by atoms with van der Waals surface area (Å²) in [4.78, 5) is 25.9. The largest absolute Gasteiger partial charge is 0.481 e. The lowest BCUT2D eigenvalue weighted by atomic mass is 10.0. The summed E-state index contributed by atoms with van der Waals surface area (Å²) in [6, 6.07) is 10.4. The number of nitrogens with zero attached hydrogens (tertiary/aromatic N) is 1. The molecule has 0 radical (unpaired) electrons. The van der Waals surface area contributed by atoms with Gasteiger partial charge in [0.15, 0.2) is 0 Å². The third-order valence-electron chi connectivity index (χ3n) is 5.39. The highest BCUT2D eigenvalue weighted by molar-refractivity contribution is 5.75. The van der Waals surface area contributed by atoms with Crippen LogP contribution in [0.1, 0.15) is 38.2 Å². The molecule has 6 nitrogen and oxygen atoms in total. The van der Waals surface area contributed by atoms with Crippen molar-refractivity contribution in [3.8, 4) is 0 Å². The quantitative estimate of drug-likeness (QED) is 0.665. The molecular weight excluding hydrogens is 330 g/mol. The van der Waals surface area contributed by atoms with Gasteiger partial charge in [-0.1, -0.05) is 37.3 Å². The summed E-state index contributed by atoms with van der Waals surface area (Å²) in [5.41, 5.74) is 1.09. The Morgan fingerprint density at radius 3 is 2.62 bits per heavy atom. The van der Waals surface area contributed by atoms with E-state index in [1.54, 1.807) is 0 Å². The number of hydrogen-bond donors (Lipinski definition) is 3. The number of hydrogen-bond acceptors (Lipinski definition) is 3. The molecule has 0 bridgehead atoms. The van der Waals surface area contributed by atoms with Gasteiger partial charge < -0.3 is 15.7 Å². The molecule has 1 saturated heterocycles. The predicted octanol–water partition coefficient (Wildman–Crippen LogP) is 2.24. The molecule has 2 amide bonds. The number of amides is 2. The molecule has 3 atom stereocenters. The zero-order valence-electron chi connectivity index (χ0n) is 15.4. The van der Waals surface area contributed by atoms with E-state index in [2.05, 4.69) is 22.5 Å². The summed E-state index contributed by atoms with van der Waals surface area (Å²) in [6.07, 6.45) is 3.66. The number of likely N-dealkylation sites (tertiary alicyclic amines) is 1. The van der Waals surface area contributed by atoms with Gasteiger partial charge in [0.05, 0.1) is 0 Å². The minimum Gasteiger partial charge on any atom is -0.481 e. The van der Waals surface area contributed by atoms with E-state index < -0.39 is 5.97 Å². The van der Waals surface area contributed by atoms with Crippen molar-refractivity contribution >= 4 is 12.0 Å². The van der Waals surface area contributed by atoms with E-state index in [0.717, 1.165) is 18.7 Å². The molecule has 26 heavy (non-hydrogen) atoms. The van der Waals surface area contributed by atoms with Crippen LogP contribution in [0.3, 0.4) is 0 Å². The Morgan fingerprint density at radius 2 is 1.96 bits per heavy atom. The van der Waals surface area contributed by atoms with Crippen LogP contribution in [0.25, 0.3) is 0 Å². The van der Waals surface area contributed by atoms with Gasteiger partial charge in [0.25, 0.3) is 0 Å². The molecule has 1 aromatic rings. The first-order chi connectivity index (χ1) is 12.5. The van der Waals surface area contributed by atoms with Crippen molar-refractivity contribution in [1.82, 2.24) is 15.5 Å². The molecule has 1 saturated carbocycles. The van der Waals surface area contributed by atoms with E-state index in [0.29, 0.717) is 24.8 Å². The number of aliphatic carboxylic acids is 1. The van der Waals surface area contributed by atoms with E-state index in [1.807, 2.05) is 30.3 Å². The second-order valence-electron chi connectivity index (χ2n) is 7.71. The number of rotatable bonds is 8. The van der Waals surface area contributed by atoms with Gasteiger partial charge in [-0.05, 0) is 37.2 Å². The van der Waals surface area contributed by atoms with Gasteiger partial charge >= 0.3 is 12.0 Å². The van der Waals surface area contributed by atoms with Crippen LogP contribution in [0.4, 0.5) is 4.79 Å². The van der Waals surface area contributed by atoms with Gasteiger partial charge in [-0.15, -0.1) is 0 Å². The lowest BCUT2D eigenvalue weighted by Crippen LogP contribution is -2.49. The van der Waals surface area contributed by atoms with Crippen LogP contribution in [-0.4, -0.2) is 53.2 Å². The first-order valence-corrected chi connectivity index (χ1v) is 9.58. The maximum Gasteiger partial charge on any atom is 0.315 e. The normalized spacial score (nSPS) is 24.2. The highest BCUT2D eigenvalue weighted by Crippen LogP contribution is 2.31. The monoisotopic (exact) mass is 359 g/mol. The molecule has 0 aromatic heterocycles. The van der Waals surface area contributed by atoms with Crippen molar-refractivity contribution in [3.63, 3.8) is 0 Å². The van der Waals surface area contributed by atoms with Gasteiger partial charge in [0.1, 0.15) is 0 Å². The topological polar surface area (TPSA) is 81.7 Å². The molecule has 2 fully saturated rings. The molecule has 1 aliphatic carbocycles. The second kappa shape index (κ2) is 8.54. The average Bonchev–Trinajstić information content (AvgIpc) is 3.39. The zero-order chi connectivity index (χ0) is 18.5. The van der Waals surface area contributed by atoms with Crippen LogP contribution in [-0.2, 0) is 11.2 Å². The maximum absolute atomic E-state index is 12.5. The van der Waals surface area contributed by atoms with Crippen molar-refractivity contribution in [2.24, 2.45) is 5.92 Å². The fourth-order valence-corrected chi connectivity index (χ4v) is 3.75. The first-order valence-electron chi connectivity index (χ1n) is 9.58. The van der Waals surface area contributed by atoms with Gasteiger partial charge in [-0.3, -0.25) is 9.69 Å². The summed E-state index contributed by atoms with van der Waals surface area (Å²) in [7, 11) is 0. The lowest BCUT2D eigenvalue weighted by molar-refractivity contribution is -0.137. The third-order valence-corrected chi connectivity index (χ3v) is 5.39. The fraction of sp³-hybridized carbons (Fsp3) is 0.600. The van der Waals surface area contributed by atoms with E-state index in [4.69, 9.17) is 5.11 Å². The molecule has 3 N–H and O–H groups in total. The minimum atomic E-state index is -0.838. The Kier molecular flexibility index (Phi) is 6.14. The summed E-state index contributed by atoms with van der Waals surface area (Å²) >= 11 is 0. The number of nitrogens with one attached hydrogen (secondary N) is 2. The molecule has 3 unspecified atom stereocenters. The summed E-state index contributed by atoms with van der Waals surface area (Å²) < 4.78 is 0.